The first-order valence-electron chi connectivity index (χ1n) is 11.2. The zero-order chi connectivity index (χ0) is 22.5. The van der Waals surface area contributed by atoms with Gasteiger partial charge < -0.3 is 19.9 Å². The summed E-state index contributed by atoms with van der Waals surface area (Å²) in [6.45, 7) is 13.0. The number of rotatable bonds is 10. The van der Waals surface area contributed by atoms with Crippen molar-refractivity contribution < 1.29 is 20.4 Å². The lowest BCUT2D eigenvalue weighted by Crippen LogP contribution is -2.15. The lowest BCUT2D eigenvalue weighted by atomic mass is 10.0. The molecule has 1 aromatic carbocycles. The summed E-state index contributed by atoms with van der Waals surface area (Å²) in [7, 11) is 2.92. The molecule has 0 bridgehead atoms. The number of hydrogen-bond donors (Lipinski definition) is 2. The Balaban J connectivity index is -0.000000474. The first-order valence-corrected chi connectivity index (χ1v) is 11.2. The molecule has 1 aliphatic carbocycles. The summed E-state index contributed by atoms with van der Waals surface area (Å²) >= 11 is 0. The van der Waals surface area contributed by atoms with Gasteiger partial charge in [0, 0.05) is 27.8 Å². The van der Waals surface area contributed by atoms with Gasteiger partial charge in [-0.3, -0.25) is 0 Å². The van der Waals surface area contributed by atoms with E-state index in [9.17, 15) is 4.39 Å². The fourth-order valence-electron chi connectivity index (χ4n) is 2.34. The predicted octanol–water partition coefficient (Wildman–Crippen LogP) is 6.38. The maximum absolute atomic E-state index is 13.6. The van der Waals surface area contributed by atoms with Crippen LogP contribution in [0.3, 0.4) is 0 Å². The topological polar surface area (TPSA) is 50.7 Å². The minimum atomic E-state index is -0.264. The Morgan fingerprint density at radius 3 is 2.24 bits per heavy atom. The van der Waals surface area contributed by atoms with Crippen molar-refractivity contribution in [3.63, 3.8) is 0 Å². The van der Waals surface area contributed by atoms with Crippen LogP contribution < -0.4 is 10.1 Å². The molecule has 0 saturated heterocycles. The molecule has 4 nitrogen and oxygen atoms in total. The van der Waals surface area contributed by atoms with Crippen LogP contribution >= 0.6 is 0 Å². The van der Waals surface area contributed by atoms with E-state index in [4.69, 9.17) is 14.6 Å². The van der Waals surface area contributed by atoms with Gasteiger partial charge in [-0.1, -0.05) is 46.6 Å². The Morgan fingerprint density at radius 1 is 1.17 bits per heavy atom. The second kappa shape index (κ2) is 21.5. The van der Waals surface area contributed by atoms with Gasteiger partial charge in [0.1, 0.15) is 0 Å². The molecule has 1 aliphatic rings. The fourth-order valence-corrected chi connectivity index (χ4v) is 2.34. The molecule has 0 amide bonds. The van der Waals surface area contributed by atoms with Gasteiger partial charge in [-0.2, -0.15) is 0 Å². The van der Waals surface area contributed by atoms with Crippen molar-refractivity contribution >= 4 is 0 Å². The number of hydrogen-bond acceptors (Lipinski definition) is 4. The van der Waals surface area contributed by atoms with Crippen molar-refractivity contribution in [2.24, 2.45) is 5.92 Å². The number of nitrogens with one attached hydrogen (secondary N) is 1. The Hall–Kier alpha value is -1.17. The molecule has 174 valence electrons. The Bertz CT molecular complexity index is 466. The Labute approximate surface area is 180 Å². The van der Waals surface area contributed by atoms with Crippen molar-refractivity contribution in [1.29, 1.82) is 0 Å². The highest BCUT2D eigenvalue weighted by Gasteiger charge is 2.22. The van der Waals surface area contributed by atoms with Crippen molar-refractivity contribution in [3.8, 4) is 5.75 Å². The summed E-state index contributed by atoms with van der Waals surface area (Å²) in [6, 6.07) is 5.41. The maximum atomic E-state index is 13.6. The van der Waals surface area contributed by atoms with E-state index in [0.29, 0.717) is 18.3 Å². The first kappa shape index (κ1) is 30.0. The smallest absolute Gasteiger partial charge is 0.165 e. The molecular weight excluding hydrogens is 369 g/mol. The van der Waals surface area contributed by atoms with Gasteiger partial charge in [0.2, 0.25) is 0 Å². The molecule has 1 aromatic rings. The quantitative estimate of drug-likeness (QED) is 0.434. The normalized spacial score (nSPS) is 13.0. The molecule has 5 heteroatoms. The van der Waals surface area contributed by atoms with Gasteiger partial charge in [0.25, 0.3) is 0 Å². The molecule has 1 unspecified atom stereocenters. The summed E-state index contributed by atoms with van der Waals surface area (Å²) in [5.74, 6) is 0.771. The van der Waals surface area contributed by atoms with Crippen LogP contribution in [0.1, 0.15) is 86.2 Å². The number of benzene rings is 1. The summed E-state index contributed by atoms with van der Waals surface area (Å²) in [4.78, 5) is 0. The van der Waals surface area contributed by atoms with E-state index in [1.165, 1.54) is 38.2 Å². The lowest BCUT2D eigenvalue weighted by Gasteiger charge is -2.16. The highest BCUT2D eigenvalue weighted by molar-refractivity contribution is 5.32. The highest BCUT2D eigenvalue weighted by atomic mass is 19.1. The van der Waals surface area contributed by atoms with E-state index in [2.05, 4.69) is 33.0 Å². The molecule has 0 aromatic heterocycles. The largest absolute Gasteiger partial charge is 0.490 e. The van der Waals surface area contributed by atoms with Crippen molar-refractivity contribution in [1.82, 2.24) is 5.32 Å². The molecule has 1 atom stereocenters. The zero-order valence-electron chi connectivity index (χ0n) is 19.9. The van der Waals surface area contributed by atoms with Gasteiger partial charge >= 0.3 is 0 Å². The summed E-state index contributed by atoms with van der Waals surface area (Å²) in [5, 5.41) is 10.2. The molecular formula is C24H48FNO3. The standard InChI is InChI=1S/C14H20FNO.C6H14O.C3H8.CH4O.H2/c1-3-13(16-2)11-6-7-12(15)14(8-11)17-9-10-4-5-10;1-3-5-6-7-4-2;1-3-2;1-2;/h6-8,10,13,16H,3-5,9H2,1-2H3;3-6H2,1-2H3;3H2,1-2H3;2H,1H3;1H. The first-order chi connectivity index (χ1) is 14.1. The van der Waals surface area contributed by atoms with Crippen LogP contribution in [0.25, 0.3) is 0 Å². The van der Waals surface area contributed by atoms with Crippen molar-refractivity contribution in [3.05, 3.63) is 29.6 Å². The second-order valence-corrected chi connectivity index (χ2v) is 6.95. The van der Waals surface area contributed by atoms with Crippen LogP contribution in [0.4, 0.5) is 4.39 Å². The van der Waals surface area contributed by atoms with E-state index in [-0.39, 0.29) is 13.3 Å². The fraction of sp³-hybridized carbons (Fsp3) is 0.750. The number of aliphatic hydroxyl groups excluding tert-OH is 1. The van der Waals surface area contributed by atoms with E-state index < -0.39 is 0 Å². The number of ether oxygens (including phenoxy) is 2. The lowest BCUT2D eigenvalue weighted by molar-refractivity contribution is 0.144. The monoisotopic (exact) mass is 417 g/mol. The van der Waals surface area contributed by atoms with Crippen LogP contribution in [0.2, 0.25) is 0 Å². The third kappa shape index (κ3) is 16.3. The van der Waals surface area contributed by atoms with Gasteiger partial charge in [0.05, 0.1) is 6.61 Å². The molecule has 1 fully saturated rings. The highest BCUT2D eigenvalue weighted by Crippen LogP contribution is 2.31. The van der Waals surface area contributed by atoms with Crippen molar-refractivity contribution in [2.45, 2.75) is 79.2 Å². The van der Waals surface area contributed by atoms with E-state index in [1.807, 2.05) is 26.1 Å². The average Bonchev–Trinajstić information content (AvgIpc) is 3.57. The average molecular weight is 418 g/mol. The van der Waals surface area contributed by atoms with E-state index in [1.54, 1.807) is 0 Å². The third-order valence-electron chi connectivity index (χ3n) is 4.13. The van der Waals surface area contributed by atoms with Gasteiger partial charge in [-0.05, 0) is 63.3 Å². The van der Waals surface area contributed by atoms with Gasteiger partial charge in [-0.25, -0.2) is 4.39 Å². The molecule has 0 heterocycles. The van der Waals surface area contributed by atoms with Crippen LogP contribution in [0, 0.1) is 11.7 Å². The van der Waals surface area contributed by atoms with Crippen molar-refractivity contribution in [2.75, 3.05) is 34.0 Å². The summed E-state index contributed by atoms with van der Waals surface area (Å²) in [6.07, 6.45) is 7.10. The molecule has 0 radical (unpaired) electrons. The molecule has 2 rings (SSSR count). The third-order valence-corrected chi connectivity index (χ3v) is 4.13. The Morgan fingerprint density at radius 2 is 1.79 bits per heavy atom. The molecule has 0 spiro atoms. The van der Waals surface area contributed by atoms with E-state index in [0.717, 1.165) is 32.3 Å². The number of aliphatic hydroxyl groups is 1. The van der Waals surface area contributed by atoms with Gasteiger partial charge in [0.15, 0.2) is 11.6 Å². The van der Waals surface area contributed by atoms with Crippen LogP contribution in [0.5, 0.6) is 5.75 Å². The minimum Gasteiger partial charge on any atom is -0.490 e. The number of halogens is 1. The maximum Gasteiger partial charge on any atom is 0.165 e. The summed E-state index contributed by atoms with van der Waals surface area (Å²) in [5.41, 5.74) is 1.09. The van der Waals surface area contributed by atoms with Crippen LogP contribution in [-0.2, 0) is 4.74 Å². The van der Waals surface area contributed by atoms with Crippen LogP contribution in [0.15, 0.2) is 18.2 Å². The molecule has 1 saturated carbocycles. The molecule has 29 heavy (non-hydrogen) atoms. The molecule has 2 N–H and O–H groups in total. The van der Waals surface area contributed by atoms with Gasteiger partial charge in [-0.15, -0.1) is 0 Å². The predicted molar refractivity (Wildman–Crippen MR) is 124 cm³/mol. The SMILES string of the molecule is CCC.CCC(NC)c1ccc(F)c(OCC2CC2)c1.CCCCOCC.CO.[HH]. The second-order valence-electron chi connectivity index (χ2n) is 6.95. The van der Waals surface area contributed by atoms with Crippen LogP contribution in [-0.4, -0.2) is 39.1 Å². The Kier molecular flexibility index (Phi) is 22.3. The zero-order valence-corrected chi connectivity index (χ0v) is 19.9. The van der Waals surface area contributed by atoms with E-state index >= 15 is 0 Å². The number of unbranched alkanes of at least 4 members (excludes halogenated alkanes) is 1. The molecule has 0 aliphatic heterocycles. The minimum absolute atomic E-state index is 0. The summed E-state index contributed by atoms with van der Waals surface area (Å²) < 4.78 is 24.2.